The van der Waals surface area contributed by atoms with Gasteiger partial charge in [-0.2, -0.15) is 0 Å². The van der Waals surface area contributed by atoms with Crippen molar-refractivity contribution in [1.29, 1.82) is 0 Å². The number of para-hydroxylation sites is 1. The molecule has 116 valence electrons. The van der Waals surface area contributed by atoms with E-state index in [1.165, 1.54) is 5.56 Å². The Morgan fingerprint density at radius 3 is 2.23 bits per heavy atom. The normalized spacial score (nSPS) is 10.3. The summed E-state index contributed by atoms with van der Waals surface area (Å²) in [6, 6.07) is 14.4. The van der Waals surface area contributed by atoms with Crippen molar-refractivity contribution in [2.45, 2.75) is 33.6 Å². The van der Waals surface area contributed by atoms with Crippen LogP contribution in [0.15, 0.2) is 42.5 Å². The van der Waals surface area contributed by atoms with Crippen molar-refractivity contribution in [2.24, 2.45) is 0 Å². The van der Waals surface area contributed by atoms with Gasteiger partial charge in [0.05, 0.1) is 0 Å². The van der Waals surface area contributed by atoms with E-state index in [1.807, 2.05) is 32.0 Å². The zero-order valence-corrected chi connectivity index (χ0v) is 13.6. The number of amides is 1. The third-order valence-corrected chi connectivity index (χ3v) is 3.79. The third kappa shape index (κ3) is 4.35. The van der Waals surface area contributed by atoms with Gasteiger partial charge >= 0.3 is 0 Å². The van der Waals surface area contributed by atoms with E-state index in [0.29, 0.717) is 13.0 Å². The number of nitrogens with one attached hydrogen (secondary N) is 2. The lowest BCUT2D eigenvalue weighted by atomic mass is 10.1. The van der Waals surface area contributed by atoms with Crippen LogP contribution in [0.4, 0.5) is 11.4 Å². The highest BCUT2D eigenvalue weighted by Gasteiger charge is 2.06. The lowest BCUT2D eigenvalue weighted by Gasteiger charge is -2.12. The summed E-state index contributed by atoms with van der Waals surface area (Å²) in [5.41, 5.74) is 5.49. The van der Waals surface area contributed by atoms with Crippen LogP contribution in [-0.4, -0.2) is 12.5 Å². The molecule has 2 N–H and O–H groups in total. The number of carbonyl (C=O) groups excluding carboxylic acids is 1. The Bertz CT molecular complexity index is 612. The molecule has 0 atom stereocenters. The molecule has 3 heteroatoms. The number of aryl methyl sites for hydroxylation is 3. The molecular formula is C19H24N2O. The van der Waals surface area contributed by atoms with Crippen molar-refractivity contribution in [3.05, 3.63) is 59.2 Å². The lowest BCUT2D eigenvalue weighted by Crippen LogP contribution is -2.17. The first-order chi connectivity index (χ1) is 10.6. The quantitative estimate of drug-likeness (QED) is 0.834. The highest BCUT2D eigenvalue weighted by molar-refractivity contribution is 5.92. The highest BCUT2D eigenvalue weighted by atomic mass is 16.1. The van der Waals surface area contributed by atoms with Crippen molar-refractivity contribution >= 4 is 17.3 Å². The third-order valence-electron chi connectivity index (χ3n) is 3.79. The molecule has 0 unspecified atom stereocenters. The van der Waals surface area contributed by atoms with Crippen LogP contribution >= 0.6 is 0 Å². The minimum atomic E-state index is 0.0371. The van der Waals surface area contributed by atoms with Crippen molar-refractivity contribution in [2.75, 3.05) is 17.2 Å². The van der Waals surface area contributed by atoms with Crippen molar-refractivity contribution in [3.63, 3.8) is 0 Å². The molecule has 0 fully saturated rings. The number of benzene rings is 2. The summed E-state index contributed by atoms with van der Waals surface area (Å²) in [5.74, 6) is 0.0371. The van der Waals surface area contributed by atoms with Gasteiger partial charge in [0.2, 0.25) is 5.91 Å². The maximum absolute atomic E-state index is 12.1. The van der Waals surface area contributed by atoms with Crippen LogP contribution in [-0.2, 0) is 11.2 Å². The summed E-state index contributed by atoms with van der Waals surface area (Å²) in [6.45, 7) is 6.79. The van der Waals surface area contributed by atoms with Gasteiger partial charge in [0.25, 0.3) is 0 Å². The van der Waals surface area contributed by atoms with Gasteiger partial charge in [-0.05, 0) is 49.1 Å². The number of hydrogen-bond donors (Lipinski definition) is 2. The SMILES string of the molecule is CCc1ccc(NCCC(=O)Nc2c(C)cccc2C)cc1. The topological polar surface area (TPSA) is 41.1 Å². The fourth-order valence-corrected chi connectivity index (χ4v) is 2.39. The van der Waals surface area contributed by atoms with E-state index >= 15 is 0 Å². The number of rotatable bonds is 6. The minimum absolute atomic E-state index is 0.0371. The zero-order chi connectivity index (χ0) is 15.9. The predicted molar refractivity (Wildman–Crippen MR) is 93.5 cm³/mol. The molecule has 2 rings (SSSR count). The van der Waals surface area contributed by atoms with E-state index in [-0.39, 0.29) is 5.91 Å². The monoisotopic (exact) mass is 296 g/mol. The molecule has 0 aromatic heterocycles. The van der Waals surface area contributed by atoms with Crippen molar-refractivity contribution in [1.82, 2.24) is 0 Å². The molecule has 0 aliphatic rings. The van der Waals surface area contributed by atoms with Gasteiger partial charge in [-0.15, -0.1) is 0 Å². The van der Waals surface area contributed by atoms with Crippen LogP contribution in [0.25, 0.3) is 0 Å². The molecule has 0 radical (unpaired) electrons. The van der Waals surface area contributed by atoms with Gasteiger partial charge in [-0.1, -0.05) is 37.3 Å². The van der Waals surface area contributed by atoms with Gasteiger partial charge in [0.1, 0.15) is 0 Å². The molecule has 0 aliphatic heterocycles. The van der Waals surface area contributed by atoms with E-state index < -0.39 is 0 Å². The molecule has 0 aliphatic carbocycles. The largest absolute Gasteiger partial charge is 0.385 e. The highest BCUT2D eigenvalue weighted by Crippen LogP contribution is 2.19. The Balaban J connectivity index is 1.82. The zero-order valence-electron chi connectivity index (χ0n) is 13.6. The lowest BCUT2D eigenvalue weighted by molar-refractivity contribution is -0.115. The first-order valence-corrected chi connectivity index (χ1v) is 7.79. The van der Waals surface area contributed by atoms with Gasteiger partial charge in [0, 0.05) is 24.3 Å². The van der Waals surface area contributed by atoms with Crippen LogP contribution < -0.4 is 10.6 Å². The Morgan fingerprint density at radius 2 is 1.64 bits per heavy atom. The Morgan fingerprint density at radius 1 is 1.00 bits per heavy atom. The summed E-state index contributed by atoms with van der Waals surface area (Å²) in [6.07, 6.45) is 1.49. The smallest absolute Gasteiger partial charge is 0.226 e. The molecule has 0 bridgehead atoms. The Hall–Kier alpha value is -2.29. The second-order valence-corrected chi connectivity index (χ2v) is 5.54. The Labute approximate surface area is 132 Å². The molecule has 2 aromatic rings. The molecule has 2 aromatic carbocycles. The second-order valence-electron chi connectivity index (χ2n) is 5.54. The first kappa shape index (κ1) is 16.1. The van der Waals surface area contributed by atoms with Crippen molar-refractivity contribution in [3.8, 4) is 0 Å². The van der Waals surface area contributed by atoms with E-state index in [0.717, 1.165) is 28.9 Å². The van der Waals surface area contributed by atoms with Crippen LogP contribution in [0.2, 0.25) is 0 Å². The summed E-state index contributed by atoms with van der Waals surface area (Å²) >= 11 is 0. The molecule has 0 saturated heterocycles. The minimum Gasteiger partial charge on any atom is -0.385 e. The maximum Gasteiger partial charge on any atom is 0.226 e. The van der Waals surface area contributed by atoms with E-state index in [4.69, 9.17) is 0 Å². The second kappa shape index (κ2) is 7.64. The fourth-order valence-electron chi connectivity index (χ4n) is 2.39. The van der Waals surface area contributed by atoms with E-state index in [9.17, 15) is 4.79 Å². The molecule has 0 spiro atoms. The first-order valence-electron chi connectivity index (χ1n) is 7.79. The van der Waals surface area contributed by atoms with Crippen molar-refractivity contribution < 1.29 is 4.79 Å². The standard InChI is InChI=1S/C19H24N2O/c1-4-16-8-10-17(11-9-16)20-13-12-18(22)21-19-14(2)6-5-7-15(19)3/h5-11,20H,4,12-13H2,1-3H3,(H,21,22). The van der Waals surface area contributed by atoms with Crippen LogP contribution in [0.1, 0.15) is 30.0 Å². The van der Waals surface area contributed by atoms with Gasteiger partial charge in [-0.3, -0.25) is 4.79 Å². The molecule has 0 heterocycles. The maximum atomic E-state index is 12.1. The van der Waals surface area contributed by atoms with E-state index in [2.05, 4.69) is 41.8 Å². The van der Waals surface area contributed by atoms with Crippen LogP contribution in [0.3, 0.4) is 0 Å². The summed E-state index contributed by atoms with van der Waals surface area (Å²) in [5, 5.41) is 6.29. The number of carbonyl (C=O) groups is 1. The predicted octanol–water partition coefficient (Wildman–Crippen LogP) is 4.31. The van der Waals surface area contributed by atoms with Crippen LogP contribution in [0, 0.1) is 13.8 Å². The van der Waals surface area contributed by atoms with Gasteiger partial charge in [-0.25, -0.2) is 0 Å². The van der Waals surface area contributed by atoms with Gasteiger partial charge in [0.15, 0.2) is 0 Å². The average molecular weight is 296 g/mol. The Kier molecular flexibility index (Phi) is 5.59. The summed E-state index contributed by atoms with van der Waals surface area (Å²) < 4.78 is 0. The molecule has 0 saturated carbocycles. The summed E-state index contributed by atoms with van der Waals surface area (Å²) in [7, 11) is 0. The average Bonchev–Trinajstić information content (AvgIpc) is 2.52. The van der Waals surface area contributed by atoms with Crippen LogP contribution in [0.5, 0.6) is 0 Å². The molecular weight excluding hydrogens is 272 g/mol. The molecule has 1 amide bonds. The molecule has 3 nitrogen and oxygen atoms in total. The van der Waals surface area contributed by atoms with E-state index in [1.54, 1.807) is 0 Å². The summed E-state index contributed by atoms with van der Waals surface area (Å²) in [4.78, 5) is 12.1. The fraction of sp³-hybridized carbons (Fsp3) is 0.316. The molecule has 22 heavy (non-hydrogen) atoms. The number of hydrogen-bond acceptors (Lipinski definition) is 2. The number of anilines is 2. The van der Waals surface area contributed by atoms with Gasteiger partial charge < -0.3 is 10.6 Å².